The maximum Gasteiger partial charge on any atom is 0.326 e. The van der Waals surface area contributed by atoms with Crippen molar-refractivity contribution in [2.75, 3.05) is 5.32 Å². The Bertz CT molecular complexity index is 586. The second-order valence-corrected chi connectivity index (χ2v) is 4.73. The van der Waals surface area contributed by atoms with Crippen LogP contribution in [0, 0.1) is 17.2 Å². The van der Waals surface area contributed by atoms with E-state index in [0.29, 0.717) is 5.56 Å². The fourth-order valence-electron chi connectivity index (χ4n) is 2.91. The zero-order valence-electron chi connectivity index (χ0n) is 9.63. The van der Waals surface area contributed by atoms with Gasteiger partial charge in [0.1, 0.15) is 6.04 Å². The van der Waals surface area contributed by atoms with E-state index in [0.717, 1.165) is 17.7 Å². The van der Waals surface area contributed by atoms with Crippen LogP contribution in [0.25, 0.3) is 0 Å². The first-order valence-electron chi connectivity index (χ1n) is 5.91. The van der Waals surface area contributed by atoms with Crippen molar-refractivity contribution in [1.29, 1.82) is 5.26 Å². The highest BCUT2D eigenvalue weighted by Gasteiger charge is 2.40. The summed E-state index contributed by atoms with van der Waals surface area (Å²) in [5, 5.41) is 21.3. The minimum absolute atomic E-state index is 0.0453. The monoisotopic (exact) mass is 240 g/mol. The zero-order chi connectivity index (χ0) is 12.7. The second kappa shape index (κ2) is 3.88. The molecule has 4 heteroatoms. The van der Waals surface area contributed by atoms with Gasteiger partial charge in [-0.05, 0) is 30.2 Å². The predicted molar refractivity (Wildman–Crippen MR) is 66.2 cm³/mol. The van der Waals surface area contributed by atoms with Gasteiger partial charge in [0.2, 0.25) is 0 Å². The number of carbonyl (C=O) groups is 1. The fraction of sp³-hybridized carbons (Fsp3) is 0.286. The molecular formula is C14H12N2O2. The number of fused-ring (bicyclic) bond motifs is 3. The number of hydrogen-bond donors (Lipinski definition) is 2. The fourth-order valence-corrected chi connectivity index (χ4v) is 2.91. The molecule has 0 radical (unpaired) electrons. The molecule has 0 fully saturated rings. The maximum absolute atomic E-state index is 11.3. The SMILES string of the molecule is N#Cc1ccc2c(c1)[C@@H]1C=CC[C@@H]1[C@@H](C(=O)O)N2. The maximum atomic E-state index is 11.3. The van der Waals surface area contributed by atoms with Crippen LogP contribution in [0.5, 0.6) is 0 Å². The van der Waals surface area contributed by atoms with Gasteiger partial charge in [-0.1, -0.05) is 12.2 Å². The van der Waals surface area contributed by atoms with Crippen molar-refractivity contribution in [3.8, 4) is 6.07 Å². The van der Waals surface area contributed by atoms with Crippen molar-refractivity contribution in [1.82, 2.24) is 0 Å². The van der Waals surface area contributed by atoms with Crippen molar-refractivity contribution in [2.45, 2.75) is 18.4 Å². The number of carboxylic acid groups (broad SMARTS) is 1. The Labute approximate surface area is 105 Å². The van der Waals surface area contributed by atoms with Gasteiger partial charge in [-0.3, -0.25) is 0 Å². The van der Waals surface area contributed by atoms with Crippen molar-refractivity contribution in [3.63, 3.8) is 0 Å². The molecule has 2 N–H and O–H groups in total. The van der Waals surface area contributed by atoms with Gasteiger partial charge in [-0.15, -0.1) is 0 Å². The highest BCUT2D eigenvalue weighted by atomic mass is 16.4. The molecule has 1 aromatic carbocycles. The van der Waals surface area contributed by atoms with E-state index < -0.39 is 12.0 Å². The van der Waals surface area contributed by atoms with E-state index in [9.17, 15) is 9.90 Å². The first-order valence-corrected chi connectivity index (χ1v) is 5.91. The molecule has 0 aromatic heterocycles. The number of hydrogen-bond acceptors (Lipinski definition) is 3. The van der Waals surface area contributed by atoms with E-state index in [1.807, 2.05) is 12.1 Å². The highest BCUT2D eigenvalue weighted by Crippen LogP contribution is 2.44. The topological polar surface area (TPSA) is 73.1 Å². The second-order valence-electron chi connectivity index (χ2n) is 4.73. The van der Waals surface area contributed by atoms with Gasteiger partial charge in [-0.2, -0.15) is 5.26 Å². The summed E-state index contributed by atoms with van der Waals surface area (Å²) in [5.41, 5.74) is 2.47. The average Bonchev–Trinajstić information content (AvgIpc) is 2.86. The lowest BCUT2D eigenvalue weighted by molar-refractivity contribution is -0.139. The number of nitrogens with zero attached hydrogens (tertiary/aromatic N) is 1. The number of allylic oxidation sites excluding steroid dienone is 2. The van der Waals surface area contributed by atoms with Gasteiger partial charge >= 0.3 is 5.97 Å². The third-order valence-electron chi connectivity index (χ3n) is 3.76. The molecule has 2 aliphatic rings. The molecule has 1 aromatic rings. The smallest absolute Gasteiger partial charge is 0.326 e. The minimum atomic E-state index is -0.816. The van der Waals surface area contributed by atoms with Crippen molar-refractivity contribution >= 4 is 11.7 Å². The summed E-state index contributed by atoms with van der Waals surface area (Å²) in [7, 11) is 0. The van der Waals surface area contributed by atoms with Crippen molar-refractivity contribution in [2.24, 2.45) is 5.92 Å². The van der Waals surface area contributed by atoms with Gasteiger partial charge in [0, 0.05) is 17.5 Å². The van der Waals surface area contributed by atoms with Gasteiger partial charge in [-0.25, -0.2) is 4.79 Å². The van der Waals surface area contributed by atoms with Crippen LogP contribution in [0.2, 0.25) is 0 Å². The van der Waals surface area contributed by atoms with Gasteiger partial charge in [0.15, 0.2) is 0 Å². The van der Waals surface area contributed by atoms with Crippen LogP contribution in [-0.4, -0.2) is 17.1 Å². The normalized spacial score (nSPS) is 27.8. The Morgan fingerprint density at radius 2 is 2.33 bits per heavy atom. The molecular weight excluding hydrogens is 228 g/mol. The largest absolute Gasteiger partial charge is 0.480 e. The van der Waals surface area contributed by atoms with E-state index in [2.05, 4.69) is 17.5 Å². The molecule has 90 valence electrons. The van der Waals surface area contributed by atoms with Gasteiger partial charge < -0.3 is 10.4 Å². The molecule has 1 aliphatic heterocycles. The van der Waals surface area contributed by atoms with Crippen LogP contribution in [0.1, 0.15) is 23.5 Å². The molecule has 0 amide bonds. The highest BCUT2D eigenvalue weighted by molar-refractivity contribution is 5.80. The lowest BCUT2D eigenvalue weighted by Gasteiger charge is -2.34. The average molecular weight is 240 g/mol. The molecule has 3 rings (SSSR count). The Morgan fingerprint density at radius 3 is 3.06 bits per heavy atom. The molecule has 0 saturated carbocycles. The predicted octanol–water partition coefficient (Wildman–Crippen LogP) is 2.10. The molecule has 1 heterocycles. The lowest BCUT2D eigenvalue weighted by Crippen LogP contribution is -2.41. The molecule has 0 unspecified atom stereocenters. The number of nitrogens with one attached hydrogen (secondary N) is 1. The molecule has 4 nitrogen and oxygen atoms in total. The molecule has 18 heavy (non-hydrogen) atoms. The summed E-state index contributed by atoms with van der Waals surface area (Å²) in [6, 6.07) is 6.94. The number of anilines is 1. The van der Waals surface area contributed by atoms with E-state index >= 15 is 0 Å². The van der Waals surface area contributed by atoms with E-state index in [-0.39, 0.29) is 11.8 Å². The van der Waals surface area contributed by atoms with Crippen LogP contribution in [0.15, 0.2) is 30.4 Å². The summed E-state index contributed by atoms with van der Waals surface area (Å²) in [6.07, 6.45) is 4.85. The molecule has 1 aliphatic carbocycles. The summed E-state index contributed by atoms with van der Waals surface area (Å²) in [5.74, 6) is -0.664. The van der Waals surface area contributed by atoms with Crippen LogP contribution < -0.4 is 5.32 Å². The lowest BCUT2D eigenvalue weighted by atomic mass is 9.79. The number of aliphatic carboxylic acids is 1. The minimum Gasteiger partial charge on any atom is -0.480 e. The Morgan fingerprint density at radius 1 is 1.50 bits per heavy atom. The van der Waals surface area contributed by atoms with Crippen molar-refractivity contribution in [3.05, 3.63) is 41.5 Å². The van der Waals surface area contributed by atoms with Gasteiger partial charge in [0.25, 0.3) is 0 Å². The summed E-state index contributed by atoms with van der Waals surface area (Å²) < 4.78 is 0. The number of carboxylic acids is 1. The number of nitriles is 1. The quantitative estimate of drug-likeness (QED) is 0.737. The molecule has 0 spiro atoms. The van der Waals surface area contributed by atoms with Gasteiger partial charge in [0.05, 0.1) is 11.6 Å². The Balaban J connectivity index is 2.09. The van der Waals surface area contributed by atoms with Crippen LogP contribution >= 0.6 is 0 Å². The number of benzene rings is 1. The van der Waals surface area contributed by atoms with Crippen LogP contribution in [0.4, 0.5) is 5.69 Å². The molecule has 0 bridgehead atoms. The van der Waals surface area contributed by atoms with Crippen molar-refractivity contribution < 1.29 is 9.90 Å². The Kier molecular flexibility index (Phi) is 2.34. The summed E-state index contributed by atoms with van der Waals surface area (Å²) in [4.78, 5) is 11.3. The summed E-state index contributed by atoms with van der Waals surface area (Å²) in [6.45, 7) is 0. The van der Waals surface area contributed by atoms with E-state index in [1.54, 1.807) is 12.1 Å². The standard InChI is InChI=1S/C14H12N2O2/c15-7-8-4-5-12-11(6-8)9-2-1-3-10(9)13(16-12)14(17)18/h1-2,4-6,9-10,13,16H,3H2,(H,17,18)/t9-,10+,13+/m1/s1. The molecule has 3 atom stereocenters. The summed E-state index contributed by atoms with van der Waals surface area (Å²) >= 11 is 0. The first-order chi connectivity index (χ1) is 8.70. The third-order valence-corrected chi connectivity index (χ3v) is 3.76. The third kappa shape index (κ3) is 1.48. The molecule has 0 saturated heterocycles. The van der Waals surface area contributed by atoms with E-state index in [4.69, 9.17) is 5.26 Å². The first kappa shape index (κ1) is 10.8. The van der Waals surface area contributed by atoms with Crippen LogP contribution in [0.3, 0.4) is 0 Å². The van der Waals surface area contributed by atoms with E-state index in [1.165, 1.54) is 0 Å². The number of rotatable bonds is 1. The van der Waals surface area contributed by atoms with Crippen LogP contribution in [-0.2, 0) is 4.79 Å². The Hall–Kier alpha value is -2.28. The zero-order valence-corrected chi connectivity index (χ0v) is 9.63.